The van der Waals surface area contributed by atoms with E-state index >= 15 is 0 Å². The van der Waals surface area contributed by atoms with Gasteiger partial charge in [0.25, 0.3) is 0 Å². The van der Waals surface area contributed by atoms with Crippen molar-refractivity contribution in [1.29, 1.82) is 0 Å². The lowest BCUT2D eigenvalue weighted by atomic mass is 9.95. The Morgan fingerprint density at radius 1 is 0.594 bits per heavy atom. The molecule has 7 nitrogen and oxygen atoms in total. The highest BCUT2D eigenvalue weighted by Crippen LogP contribution is 2.43. The second-order valence-corrected chi connectivity index (χ2v) is 6.67. The summed E-state index contributed by atoms with van der Waals surface area (Å²) in [6.07, 6.45) is 5.52. The van der Waals surface area contributed by atoms with Crippen LogP contribution in [0.15, 0.2) is 48.8 Å². The van der Waals surface area contributed by atoms with Gasteiger partial charge in [0.2, 0.25) is 11.5 Å². The Balaban J connectivity index is 2.27. The van der Waals surface area contributed by atoms with E-state index < -0.39 is 0 Å². The summed E-state index contributed by atoms with van der Waals surface area (Å²) in [4.78, 5) is 4.15. The second-order valence-electron chi connectivity index (χ2n) is 6.67. The fourth-order valence-electron chi connectivity index (χ4n) is 3.45. The fraction of sp³-hybridized carbons (Fsp3) is 0.240. The van der Waals surface area contributed by atoms with Crippen LogP contribution in [-0.2, 0) is 0 Å². The van der Waals surface area contributed by atoms with E-state index in [9.17, 15) is 0 Å². The van der Waals surface area contributed by atoms with E-state index in [0.29, 0.717) is 34.5 Å². The monoisotopic (exact) mass is 437 g/mol. The van der Waals surface area contributed by atoms with Gasteiger partial charge in [0.1, 0.15) is 0 Å². The molecule has 0 radical (unpaired) electrons. The summed E-state index contributed by atoms with van der Waals surface area (Å²) in [6.45, 7) is 0. The molecule has 0 aliphatic rings. The Morgan fingerprint density at radius 2 is 1.03 bits per heavy atom. The normalized spacial score (nSPS) is 11.0. The number of benzene rings is 2. The lowest BCUT2D eigenvalue weighted by Gasteiger charge is -2.17. The summed E-state index contributed by atoms with van der Waals surface area (Å²) in [5.41, 5.74) is 3.61. The second kappa shape index (κ2) is 10.4. The first-order chi connectivity index (χ1) is 15.6. The molecule has 0 aliphatic heterocycles. The molecule has 0 amide bonds. The molecule has 1 aromatic heterocycles. The third-order valence-electron chi connectivity index (χ3n) is 4.97. The molecule has 3 rings (SSSR count). The average molecular weight is 437 g/mol. The molecule has 0 spiro atoms. The molecule has 0 bridgehead atoms. The number of rotatable bonds is 9. The highest BCUT2D eigenvalue weighted by atomic mass is 16.5. The van der Waals surface area contributed by atoms with Gasteiger partial charge in [-0.15, -0.1) is 0 Å². The van der Waals surface area contributed by atoms with Crippen LogP contribution in [0.2, 0.25) is 0 Å². The maximum atomic E-state index is 5.56. The zero-order valence-corrected chi connectivity index (χ0v) is 19.1. The van der Waals surface area contributed by atoms with Gasteiger partial charge in [0, 0.05) is 12.4 Å². The van der Waals surface area contributed by atoms with Crippen LogP contribution in [-0.4, -0.2) is 47.6 Å². The van der Waals surface area contributed by atoms with Gasteiger partial charge in [0.15, 0.2) is 23.0 Å². The number of aromatic nitrogens is 1. The fourth-order valence-corrected chi connectivity index (χ4v) is 3.45. The summed E-state index contributed by atoms with van der Waals surface area (Å²) in [7, 11) is 9.53. The van der Waals surface area contributed by atoms with Gasteiger partial charge < -0.3 is 28.4 Å². The Hall–Kier alpha value is -3.87. The molecule has 32 heavy (non-hydrogen) atoms. The number of pyridine rings is 1. The molecule has 0 atom stereocenters. The molecule has 168 valence electrons. The van der Waals surface area contributed by atoms with Crippen LogP contribution in [0.5, 0.6) is 34.5 Å². The molecule has 0 unspecified atom stereocenters. The Bertz CT molecular complexity index is 1040. The Morgan fingerprint density at radius 3 is 1.44 bits per heavy atom. The number of hydrogen-bond donors (Lipinski definition) is 0. The smallest absolute Gasteiger partial charge is 0.203 e. The summed E-state index contributed by atoms with van der Waals surface area (Å²) >= 11 is 0. The Labute approximate surface area is 188 Å². The lowest BCUT2D eigenvalue weighted by Crippen LogP contribution is -1.98. The minimum absolute atomic E-state index is 0.528. The SMILES string of the molecule is COc1cc(/C=C(/c2ccncc2)c2cc(OC)c(OC)c(OC)c2)cc(OC)c1OC. The first kappa shape index (κ1) is 22.8. The molecule has 0 aliphatic carbocycles. The van der Waals surface area contributed by atoms with Crippen LogP contribution >= 0.6 is 0 Å². The highest BCUT2D eigenvalue weighted by molar-refractivity contribution is 5.93. The van der Waals surface area contributed by atoms with E-state index in [-0.39, 0.29) is 0 Å². The largest absolute Gasteiger partial charge is 0.493 e. The van der Waals surface area contributed by atoms with Gasteiger partial charge in [-0.1, -0.05) is 0 Å². The molecular formula is C25H27NO6. The molecule has 3 aromatic rings. The van der Waals surface area contributed by atoms with Crippen molar-refractivity contribution in [1.82, 2.24) is 4.98 Å². The van der Waals surface area contributed by atoms with Crippen molar-refractivity contribution < 1.29 is 28.4 Å². The number of ether oxygens (including phenoxy) is 6. The number of nitrogens with zero attached hydrogens (tertiary/aromatic N) is 1. The van der Waals surface area contributed by atoms with Gasteiger partial charge in [-0.05, 0) is 64.7 Å². The van der Waals surface area contributed by atoms with Crippen LogP contribution < -0.4 is 28.4 Å². The van der Waals surface area contributed by atoms with Gasteiger partial charge in [-0.3, -0.25) is 4.98 Å². The quantitative estimate of drug-likeness (QED) is 0.449. The predicted octanol–water partition coefficient (Wildman–Crippen LogP) is 4.72. The van der Waals surface area contributed by atoms with E-state index in [4.69, 9.17) is 28.4 Å². The van der Waals surface area contributed by atoms with Crippen molar-refractivity contribution in [2.75, 3.05) is 42.7 Å². The van der Waals surface area contributed by atoms with Gasteiger partial charge in [0.05, 0.1) is 42.7 Å². The van der Waals surface area contributed by atoms with E-state index in [2.05, 4.69) is 4.98 Å². The van der Waals surface area contributed by atoms with Gasteiger partial charge in [-0.25, -0.2) is 0 Å². The maximum Gasteiger partial charge on any atom is 0.203 e. The topological polar surface area (TPSA) is 68.3 Å². The van der Waals surface area contributed by atoms with E-state index in [1.165, 1.54) is 0 Å². The Kier molecular flexibility index (Phi) is 7.44. The van der Waals surface area contributed by atoms with Crippen LogP contribution in [0.3, 0.4) is 0 Å². The molecule has 0 saturated carbocycles. The number of hydrogen-bond acceptors (Lipinski definition) is 7. The van der Waals surface area contributed by atoms with Gasteiger partial charge in [-0.2, -0.15) is 0 Å². The summed E-state index contributed by atoms with van der Waals surface area (Å²) < 4.78 is 33.1. The summed E-state index contributed by atoms with van der Waals surface area (Å²) in [6, 6.07) is 11.5. The molecule has 0 N–H and O–H groups in total. The first-order valence-corrected chi connectivity index (χ1v) is 9.82. The number of methoxy groups -OCH3 is 6. The lowest BCUT2D eigenvalue weighted by molar-refractivity contribution is 0.324. The standard InChI is InChI=1S/C25H27NO6/c1-27-20-12-16(13-21(28-2)24(20)31-5)11-19(17-7-9-26-10-8-17)18-14-22(29-3)25(32-6)23(15-18)30-4/h7-15H,1-6H3/b19-11-. The van der Waals surface area contributed by atoms with E-state index in [0.717, 1.165) is 22.3 Å². The van der Waals surface area contributed by atoms with Crippen LogP contribution in [0.1, 0.15) is 16.7 Å². The molecule has 0 saturated heterocycles. The minimum Gasteiger partial charge on any atom is -0.493 e. The summed E-state index contributed by atoms with van der Waals surface area (Å²) in [5.74, 6) is 3.32. The van der Waals surface area contributed by atoms with Crippen LogP contribution in [0.25, 0.3) is 11.6 Å². The molecule has 2 aromatic carbocycles. The van der Waals surface area contributed by atoms with Crippen molar-refractivity contribution in [3.63, 3.8) is 0 Å². The van der Waals surface area contributed by atoms with Crippen molar-refractivity contribution in [3.05, 3.63) is 65.5 Å². The van der Waals surface area contributed by atoms with Crippen molar-refractivity contribution in [2.45, 2.75) is 0 Å². The van der Waals surface area contributed by atoms with E-state index in [1.54, 1.807) is 55.1 Å². The molecule has 7 heteroatoms. The zero-order valence-electron chi connectivity index (χ0n) is 19.1. The predicted molar refractivity (Wildman–Crippen MR) is 123 cm³/mol. The minimum atomic E-state index is 0.528. The molecule has 1 heterocycles. The third kappa shape index (κ3) is 4.56. The van der Waals surface area contributed by atoms with Crippen LogP contribution in [0, 0.1) is 0 Å². The summed E-state index contributed by atoms with van der Waals surface area (Å²) in [5, 5.41) is 0. The average Bonchev–Trinajstić information content (AvgIpc) is 2.85. The van der Waals surface area contributed by atoms with Crippen LogP contribution in [0.4, 0.5) is 0 Å². The van der Waals surface area contributed by atoms with Crippen molar-refractivity contribution in [3.8, 4) is 34.5 Å². The highest BCUT2D eigenvalue weighted by Gasteiger charge is 2.18. The zero-order chi connectivity index (χ0) is 23.1. The van der Waals surface area contributed by atoms with Gasteiger partial charge >= 0.3 is 0 Å². The molecular weight excluding hydrogens is 410 g/mol. The van der Waals surface area contributed by atoms with Crippen molar-refractivity contribution >= 4 is 11.6 Å². The van der Waals surface area contributed by atoms with Crippen molar-refractivity contribution in [2.24, 2.45) is 0 Å². The molecule has 0 fully saturated rings. The van der Waals surface area contributed by atoms with E-state index in [1.807, 2.05) is 42.5 Å². The third-order valence-corrected chi connectivity index (χ3v) is 4.97. The maximum absolute atomic E-state index is 5.56. The first-order valence-electron chi connectivity index (χ1n) is 9.82.